The van der Waals surface area contributed by atoms with Gasteiger partial charge in [0, 0.05) is 19.6 Å². The van der Waals surface area contributed by atoms with E-state index in [4.69, 9.17) is 0 Å². The van der Waals surface area contributed by atoms with Crippen LogP contribution in [-0.4, -0.2) is 48.4 Å². The van der Waals surface area contributed by atoms with E-state index in [0.717, 1.165) is 35.5 Å². The Kier molecular flexibility index (Phi) is 5.92. The zero-order valence-corrected chi connectivity index (χ0v) is 17.4. The number of carbonyl (C=O) groups excluding carboxylic acids is 1. The van der Waals surface area contributed by atoms with Crippen molar-refractivity contribution in [1.29, 1.82) is 0 Å². The summed E-state index contributed by atoms with van der Waals surface area (Å²) in [6, 6.07) is 5.43. The standard InChI is InChI=1S/C18H24N4O3S2/c1-12-4-5-13(2)16(10-12)27(24,25)19-11-15-6-8-22(9-7-15)18(23)17-14(3)20-21-26-17/h4-5,10,15,19H,6-9,11H2,1-3H3. The third-order valence-electron chi connectivity index (χ3n) is 4.94. The second-order valence-electron chi connectivity index (χ2n) is 7.04. The fourth-order valence-corrected chi connectivity index (χ4v) is 5.28. The second kappa shape index (κ2) is 8.04. The summed E-state index contributed by atoms with van der Waals surface area (Å²) in [7, 11) is -3.53. The van der Waals surface area contributed by atoms with Crippen molar-refractivity contribution in [3.8, 4) is 0 Å². The topological polar surface area (TPSA) is 92.3 Å². The number of rotatable bonds is 5. The third-order valence-corrected chi connectivity index (χ3v) is 7.32. The zero-order valence-electron chi connectivity index (χ0n) is 15.7. The molecule has 9 heteroatoms. The molecule has 1 amide bonds. The molecule has 1 saturated heterocycles. The van der Waals surface area contributed by atoms with Crippen LogP contribution in [0.2, 0.25) is 0 Å². The van der Waals surface area contributed by atoms with Crippen LogP contribution in [0.25, 0.3) is 0 Å². The molecule has 1 aromatic heterocycles. The quantitative estimate of drug-likeness (QED) is 0.819. The summed E-state index contributed by atoms with van der Waals surface area (Å²) in [6.07, 6.45) is 1.54. The molecule has 0 spiro atoms. The number of nitrogens with one attached hydrogen (secondary N) is 1. The van der Waals surface area contributed by atoms with Gasteiger partial charge in [0.1, 0.15) is 4.88 Å². The number of hydrogen-bond donors (Lipinski definition) is 1. The van der Waals surface area contributed by atoms with E-state index in [1.165, 1.54) is 0 Å². The predicted molar refractivity (Wildman–Crippen MR) is 104 cm³/mol. The van der Waals surface area contributed by atoms with Gasteiger partial charge in [-0.15, -0.1) is 5.10 Å². The summed E-state index contributed by atoms with van der Waals surface area (Å²) in [5.41, 5.74) is 2.32. The van der Waals surface area contributed by atoms with Crippen LogP contribution in [0.1, 0.15) is 39.3 Å². The first-order valence-electron chi connectivity index (χ1n) is 8.93. The lowest BCUT2D eigenvalue weighted by Gasteiger charge is -2.31. The van der Waals surface area contributed by atoms with Crippen molar-refractivity contribution < 1.29 is 13.2 Å². The zero-order chi connectivity index (χ0) is 19.6. The largest absolute Gasteiger partial charge is 0.338 e. The number of nitrogens with zero attached hydrogens (tertiary/aromatic N) is 3. The smallest absolute Gasteiger partial charge is 0.267 e. The number of likely N-dealkylation sites (tertiary alicyclic amines) is 1. The van der Waals surface area contributed by atoms with Crippen LogP contribution in [0.4, 0.5) is 0 Å². The lowest BCUT2D eigenvalue weighted by atomic mass is 9.97. The molecule has 1 fully saturated rings. The van der Waals surface area contributed by atoms with Gasteiger partial charge in [-0.1, -0.05) is 16.6 Å². The lowest BCUT2D eigenvalue weighted by molar-refractivity contribution is 0.0696. The highest BCUT2D eigenvalue weighted by molar-refractivity contribution is 7.89. The molecule has 3 rings (SSSR count). The van der Waals surface area contributed by atoms with Crippen LogP contribution in [0.15, 0.2) is 23.1 Å². The summed E-state index contributed by atoms with van der Waals surface area (Å²) in [5.74, 6) is 0.187. The van der Waals surface area contributed by atoms with Crippen molar-refractivity contribution >= 4 is 27.5 Å². The maximum atomic E-state index is 12.6. The van der Waals surface area contributed by atoms with Crippen molar-refractivity contribution in [2.45, 2.75) is 38.5 Å². The van der Waals surface area contributed by atoms with Crippen LogP contribution < -0.4 is 4.72 Å². The molecule has 0 unspecified atom stereocenters. The van der Waals surface area contributed by atoms with E-state index in [1.54, 1.807) is 24.8 Å². The Morgan fingerprint density at radius 2 is 1.96 bits per heavy atom. The molecule has 2 aromatic rings. The molecule has 1 N–H and O–H groups in total. The summed E-state index contributed by atoms with van der Waals surface area (Å²) in [5, 5.41) is 3.89. The number of hydrogen-bond acceptors (Lipinski definition) is 6. The van der Waals surface area contributed by atoms with Crippen LogP contribution in [-0.2, 0) is 10.0 Å². The van der Waals surface area contributed by atoms with Gasteiger partial charge in [0.15, 0.2) is 0 Å². The highest BCUT2D eigenvalue weighted by Crippen LogP contribution is 2.22. The Balaban J connectivity index is 1.56. The number of amides is 1. The SMILES string of the molecule is Cc1ccc(C)c(S(=O)(=O)NCC2CCN(C(=O)c3snnc3C)CC2)c1. The summed E-state index contributed by atoms with van der Waals surface area (Å²) in [4.78, 5) is 15.2. The number of carbonyl (C=O) groups is 1. The van der Waals surface area contributed by atoms with Crippen molar-refractivity contribution in [2.75, 3.05) is 19.6 Å². The summed E-state index contributed by atoms with van der Waals surface area (Å²) >= 11 is 1.12. The van der Waals surface area contributed by atoms with Gasteiger partial charge >= 0.3 is 0 Å². The minimum Gasteiger partial charge on any atom is -0.338 e. The molecular formula is C18H24N4O3S2. The van der Waals surface area contributed by atoms with E-state index in [0.29, 0.717) is 35.1 Å². The second-order valence-corrected chi connectivity index (χ2v) is 9.53. The molecule has 1 aliphatic heterocycles. The molecule has 1 aliphatic rings. The minimum atomic E-state index is -3.53. The minimum absolute atomic E-state index is 0.0306. The van der Waals surface area contributed by atoms with Crippen LogP contribution in [0.5, 0.6) is 0 Å². The monoisotopic (exact) mass is 408 g/mol. The van der Waals surface area contributed by atoms with Crippen molar-refractivity contribution in [3.63, 3.8) is 0 Å². The van der Waals surface area contributed by atoms with E-state index in [2.05, 4.69) is 14.3 Å². The van der Waals surface area contributed by atoms with Crippen molar-refractivity contribution in [1.82, 2.24) is 19.2 Å². The normalized spacial score (nSPS) is 15.9. The number of piperidine rings is 1. The number of aryl methyl sites for hydroxylation is 3. The average molecular weight is 409 g/mol. The molecule has 0 saturated carbocycles. The first kappa shape index (κ1) is 19.9. The first-order valence-corrected chi connectivity index (χ1v) is 11.2. The van der Waals surface area contributed by atoms with Gasteiger partial charge in [0.2, 0.25) is 10.0 Å². The highest BCUT2D eigenvalue weighted by Gasteiger charge is 2.27. The van der Waals surface area contributed by atoms with E-state index in [9.17, 15) is 13.2 Å². The summed E-state index contributed by atoms with van der Waals surface area (Å²) in [6.45, 7) is 7.09. The highest BCUT2D eigenvalue weighted by atomic mass is 32.2. The summed E-state index contributed by atoms with van der Waals surface area (Å²) < 4.78 is 31.8. The Labute approximate surface area is 164 Å². The number of sulfonamides is 1. The van der Waals surface area contributed by atoms with E-state index in [1.807, 2.05) is 19.1 Å². The predicted octanol–water partition coefficient (Wildman–Crippen LogP) is 2.29. The molecule has 7 nitrogen and oxygen atoms in total. The Hall–Kier alpha value is -1.84. The maximum Gasteiger partial charge on any atom is 0.267 e. The Morgan fingerprint density at radius 3 is 2.59 bits per heavy atom. The fourth-order valence-electron chi connectivity index (χ4n) is 3.21. The average Bonchev–Trinajstić information content (AvgIpc) is 3.08. The van der Waals surface area contributed by atoms with E-state index < -0.39 is 10.0 Å². The molecule has 2 heterocycles. The first-order chi connectivity index (χ1) is 12.8. The van der Waals surface area contributed by atoms with Crippen LogP contribution in [0.3, 0.4) is 0 Å². The van der Waals surface area contributed by atoms with Gasteiger partial charge in [-0.05, 0) is 68.3 Å². The molecule has 0 aliphatic carbocycles. The van der Waals surface area contributed by atoms with Crippen LogP contribution in [0, 0.1) is 26.7 Å². The molecule has 27 heavy (non-hydrogen) atoms. The van der Waals surface area contributed by atoms with Gasteiger partial charge in [-0.25, -0.2) is 13.1 Å². The van der Waals surface area contributed by atoms with Crippen LogP contribution >= 0.6 is 11.5 Å². The number of benzene rings is 1. The molecule has 1 aromatic carbocycles. The van der Waals surface area contributed by atoms with E-state index in [-0.39, 0.29) is 11.8 Å². The Bertz CT molecular complexity index is 932. The van der Waals surface area contributed by atoms with Gasteiger partial charge in [0.05, 0.1) is 10.6 Å². The number of aromatic nitrogens is 2. The molecule has 0 atom stereocenters. The molecule has 146 valence electrons. The third kappa shape index (κ3) is 4.53. The molecule has 0 radical (unpaired) electrons. The maximum absolute atomic E-state index is 12.6. The van der Waals surface area contributed by atoms with E-state index >= 15 is 0 Å². The van der Waals surface area contributed by atoms with Gasteiger partial charge < -0.3 is 4.90 Å². The van der Waals surface area contributed by atoms with Gasteiger partial charge in [-0.2, -0.15) is 0 Å². The Morgan fingerprint density at radius 1 is 1.26 bits per heavy atom. The van der Waals surface area contributed by atoms with Gasteiger partial charge in [0.25, 0.3) is 5.91 Å². The lowest BCUT2D eigenvalue weighted by Crippen LogP contribution is -2.41. The van der Waals surface area contributed by atoms with Gasteiger partial charge in [-0.3, -0.25) is 4.79 Å². The fraction of sp³-hybridized carbons (Fsp3) is 0.500. The molecule has 0 bridgehead atoms. The van der Waals surface area contributed by atoms with Crippen molar-refractivity contribution in [3.05, 3.63) is 39.9 Å². The van der Waals surface area contributed by atoms with Crippen molar-refractivity contribution in [2.24, 2.45) is 5.92 Å². The molecular weight excluding hydrogens is 384 g/mol.